The Morgan fingerprint density at radius 2 is 2.00 bits per heavy atom. The average Bonchev–Trinajstić information content (AvgIpc) is 2.91. The maximum absolute atomic E-state index is 6.36. The van der Waals surface area contributed by atoms with E-state index in [0.717, 1.165) is 30.7 Å². The minimum atomic E-state index is -0.176. The molecule has 0 amide bonds. The highest BCUT2D eigenvalue weighted by molar-refractivity contribution is 6.23. The number of hydrazone groups is 1. The van der Waals surface area contributed by atoms with Gasteiger partial charge in [-0.05, 0) is 45.6 Å². The van der Waals surface area contributed by atoms with E-state index in [1.165, 1.54) is 5.57 Å². The minimum Gasteiger partial charge on any atom is -0.261 e. The predicted molar refractivity (Wildman–Crippen MR) is 107 cm³/mol. The topological polar surface area (TPSA) is 15.6 Å². The maximum atomic E-state index is 6.36. The molecule has 1 aliphatic rings. The van der Waals surface area contributed by atoms with Crippen LogP contribution >= 0.6 is 34.8 Å². The van der Waals surface area contributed by atoms with E-state index >= 15 is 0 Å². The molecule has 0 saturated heterocycles. The van der Waals surface area contributed by atoms with Crippen LogP contribution in [0.5, 0.6) is 0 Å². The number of rotatable bonds is 8. The summed E-state index contributed by atoms with van der Waals surface area (Å²) in [6.45, 7) is 14.3. The van der Waals surface area contributed by atoms with Gasteiger partial charge in [0.25, 0.3) is 0 Å². The monoisotopic (exact) mass is 380 g/mol. The molecule has 0 aromatic heterocycles. The minimum absolute atomic E-state index is 0.176. The molecule has 0 N–H and O–H groups in total. The number of hydrogen-bond donors (Lipinski definition) is 0. The van der Waals surface area contributed by atoms with Gasteiger partial charge in [-0.1, -0.05) is 26.5 Å². The van der Waals surface area contributed by atoms with Gasteiger partial charge >= 0.3 is 0 Å². The Kier molecular flexibility index (Phi) is 12.1. The third-order valence-electron chi connectivity index (χ3n) is 3.71. The molecular weight excluding hydrogens is 351 g/mol. The van der Waals surface area contributed by atoms with Gasteiger partial charge in [0, 0.05) is 29.1 Å². The first-order valence-corrected chi connectivity index (χ1v) is 9.82. The largest absolute Gasteiger partial charge is 0.261 e. The lowest BCUT2D eigenvalue weighted by molar-refractivity contribution is 0.312. The molecule has 23 heavy (non-hydrogen) atoms. The maximum Gasteiger partial charge on any atom is 0.0784 e. The lowest BCUT2D eigenvalue weighted by atomic mass is 9.96. The molecule has 3 atom stereocenters. The van der Waals surface area contributed by atoms with E-state index in [9.17, 15) is 0 Å². The highest BCUT2D eigenvalue weighted by atomic mass is 35.5. The van der Waals surface area contributed by atoms with E-state index in [-0.39, 0.29) is 16.8 Å². The van der Waals surface area contributed by atoms with Crippen LogP contribution < -0.4 is 0 Å². The van der Waals surface area contributed by atoms with Crippen molar-refractivity contribution in [2.24, 2.45) is 5.10 Å². The van der Waals surface area contributed by atoms with Gasteiger partial charge in [0.15, 0.2) is 0 Å². The second kappa shape index (κ2) is 12.2. The standard InChI is InChI=1S/C16H25Cl3N2.C2H6/c1-5-14(7-6-11(2)18)16-10-12(3)20-21(16)13(4)15(19)8-9-17;1-2/h5,11,15-16H,4,6-10H2,1-3H3;1-2H3/b14-5+;. The summed E-state index contributed by atoms with van der Waals surface area (Å²) in [7, 11) is 0. The fourth-order valence-electron chi connectivity index (χ4n) is 2.49. The van der Waals surface area contributed by atoms with Crippen LogP contribution in [-0.2, 0) is 0 Å². The molecule has 0 bridgehead atoms. The fourth-order valence-corrected chi connectivity index (χ4v) is 3.14. The van der Waals surface area contributed by atoms with Crippen LogP contribution in [0.1, 0.15) is 60.3 Å². The van der Waals surface area contributed by atoms with Crippen molar-refractivity contribution in [2.45, 2.75) is 77.1 Å². The van der Waals surface area contributed by atoms with Gasteiger partial charge in [-0.15, -0.1) is 34.8 Å². The molecule has 0 saturated carbocycles. The highest BCUT2D eigenvalue weighted by Gasteiger charge is 2.31. The molecule has 1 aliphatic heterocycles. The van der Waals surface area contributed by atoms with Crippen molar-refractivity contribution in [1.82, 2.24) is 5.01 Å². The van der Waals surface area contributed by atoms with Gasteiger partial charge in [0.2, 0.25) is 0 Å². The van der Waals surface area contributed by atoms with Crippen LogP contribution in [0.3, 0.4) is 0 Å². The van der Waals surface area contributed by atoms with Crippen molar-refractivity contribution in [3.05, 3.63) is 23.9 Å². The second-order valence-corrected chi connectivity index (χ2v) is 7.17. The smallest absolute Gasteiger partial charge is 0.0784 e. The van der Waals surface area contributed by atoms with Crippen LogP contribution in [0, 0.1) is 0 Å². The van der Waals surface area contributed by atoms with Gasteiger partial charge in [-0.3, -0.25) is 5.01 Å². The molecule has 1 heterocycles. The zero-order valence-corrected chi connectivity index (χ0v) is 17.3. The predicted octanol–water partition coefficient (Wildman–Crippen LogP) is 6.57. The zero-order valence-electron chi connectivity index (χ0n) is 15.1. The summed E-state index contributed by atoms with van der Waals surface area (Å²) < 4.78 is 0. The molecule has 0 fully saturated rings. The van der Waals surface area contributed by atoms with Crippen LogP contribution in [0.2, 0.25) is 0 Å². The summed E-state index contributed by atoms with van der Waals surface area (Å²) in [5, 5.41) is 6.60. The number of halogens is 3. The van der Waals surface area contributed by atoms with Crippen LogP contribution in [0.4, 0.5) is 0 Å². The van der Waals surface area contributed by atoms with Crippen molar-refractivity contribution in [1.29, 1.82) is 0 Å². The summed E-state index contributed by atoms with van der Waals surface area (Å²) in [6.07, 6.45) is 5.72. The van der Waals surface area contributed by atoms with Crippen molar-refractivity contribution in [2.75, 3.05) is 5.88 Å². The van der Waals surface area contributed by atoms with Gasteiger partial charge in [-0.2, -0.15) is 5.10 Å². The van der Waals surface area contributed by atoms with Crippen LogP contribution in [0.25, 0.3) is 0 Å². The third kappa shape index (κ3) is 7.49. The van der Waals surface area contributed by atoms with Crippen molar-refractivity contribution in [3.63, 3.8) is 0 Å². The molecule has 3 unspecified atom stereocenters. The highest BCUT2D eigenvalue weighted by Crippen LogP contribution is 2.31. The summed E-state index contributed by atoms with van der Waals surface area (Å²) in [6, 6.07) is 0.217. The molecule has 0 spiro atoms. The number of hydrogen-bond acceptors (Lipinski definition) is 2. The van der Waals surface area contributed by atoms with E-state index in [4.69, 9.17) is 34.8 Å². The van der Waals surface area contributed by atoms with Gasteiger partial charge in [-0.25, -0.2) is 0 Å². The van der Waals surface area contributed by atoms with Gasteiger partial charge in [0.1, 0.15) is 0 Å². The van der Waals surface area contributed by atoms with Gasteiger partial charge < -0.3 is 0 Å². The Morgan fingerprint density at radius 3 is 2.48 bits per heavy atom. The summed E-state index contributed by atoms with van der Waals surface area (Å²) in [5.41, 5.74) is 3.28. The first-order chi connectivity index (χ1) is 10.9. The Morgan fingerprint density at radius 1 is 1.39 bits per heavy atom. The van der Waals surface area contributed by atoms with E-state index in [0.29, 0.717) is 12.3 Å². The van der Waals surface area contributed by atoms with Crippen molar-refractivity contribution >= 4 is 40.5 Å². The SMILES string of the molecule is C=C(C(Cl)CCCl)N1N=C(C)CC1/C(=C/C)CCC(C)Cl.CC. The second-order valence-electron chi connectivity index (χ2n) is 5.52. The molecular formula is C18H31Cl3N2. The summed E-state index contributed by atoms with van der Waals surface area (Å²) >= 11 is 18.2. The molecule has 0 aliphatic carbocycles. The molecule has 0 radical (unpaired) electrons. The molecule has 0 aromatic rings. The summed E-state index contributed by atoms with van der Waals surface area (Å²) in [5.74, 6) is 0.522. The van der Waals surface area contributed by atoms with Crippen LogP contribution in [-0.4, -0.2) is 33.4 Å². The van der Waals surface area contributed by atoms with Crippen molar-refractivity contribution in [3.8, 4) is 0 Å². The number of allylic oxidation sites excluding steroid dienone is 2. The Bertz CT molecular complexity index is 416. The van der Waals surface area contributed by atoms with E-state index < -0.39 is 0 Å². The van der Waals surface area contributed by atoms with E-state index in [2.05, 4.69) is 24.7 Å². The number of alkyl halides is 3. The first-order valence-electron chi connectivity index (χ1n) is 8.42. The molecule has 1 rings (SSSR count). The van der Waals surface area contributed by atoms with E-state index in [1.54, 1.807) is 0 Å². The molecule has 0 aromatic carbocycles. The van der Waals surface area contributed by atoms with Crippen LogP contribution in [0.15, 0.2) is 29.0 Å². The third-order valence-corrected chi connectivity index (χ3v) is 4.62. The zero-order chi connectivity index (χ0) is 18.0. The molecule has 134 valence electrons. The fraction of sp³-hybridized carbons (Fsp3) is 0.722. The Balaban J connectivity index is 0.00000232. The number of nitrogens with zero attached hydrogens (tertiary/aromatic N) is 2. The van der Waals surface area contributed by atoms with Gasteiger partial charge in [0.05, 0.1) is 11.4 Å². The first kappa shape index (κ1) is 22.8. The summed E-state index contributed by atoms with van der Waals surface area (Å²) in [4.78, 5) is 0. The Hall–Kier alpha value is -0.180. The van der Waals surface area contributed by atoms with E-state index in [1.807, 2.05) is 32.7 Å². The molecule has 5 heteroatoms. The Labute approximate surface area is 157 Å². The quantitative estimate of drug-likeness (QED) is 0.343. The normalized spacial score (nSPS) is 20.5. The lowest BCUT2D eigenvalue weighted by Gasteiger charge is -2.30. The lowest BCUT2D eigenvalue weighted by Crippen LogP contribution is -2.31. The molecule has 2 nitrogen and oxygen atoms in total. The average molecular weight is 382 g/mol. The van der Waals surface area contributed by atoms with Crippen molar-refractivity contribution < 1.29 is 0 Å².